The summed E-state index contributed by atoms with van der Waals surface area (Å²) in [7, 11) is 1.85. The van der Waals surface area contributed by atoms with Crippen LogP contribution in [0.15, 0.2) is 0 Å². The van der Waals surface area contributed by atoms with Crippen LogP contribution in [0.5, 0.6) is 0 Å². The molecule has 2 heterocycles. The number of nitrogens with two attached hydrogens (primary N) is 1. The van der Waals surface area contributed by atoms with E-state index in [1.165, 1.54) is 38.6 Å². The molecule has 2 N–H and O–H groups in total. The summed E-state index contributed by atoms with van der Waals surface area (Å²) in [6, 6.07) is 1.53. The first-order valence-electron chi connectivity index (χ1n) is 8.28. The van der Waals surface area contributed by atoms with Gasteiger partial charge in [-0.25, -0.2) is 0 Å². The van der Waals surface area contributed by atoms with Gasteiger partial charge in [0.15, 0.2) is 0 Å². The summed E-state index contributed by atoms with van der Waals surface area (Å²) in [5, 5.41) is 0. The van der Waals surface area contributed by atoms with Crippen LogP contribution in [0.4, 0.5) is 0 Å². The highest BCUT2D eigenvalue weighted by Crippen LogP contribution is 2.41. The van der Waals surface area contributed by atoms with Crippen molar-refractivity contribution >= 4 is 0 Å². The minimum absolute atomic E-state index is 0.0106. The molecule has 3 rings (SSSR count). The van der Waals surface area contributed by atoms with Crippen molar-refractivity contribution in [2.75, 3.05) is 33.3 Å². The molecule has 0 spiro atoms. The van der Waals surface area contributed by atoms with Gasteiger partial charge in [0.2, 0.25) is 0 Å². The van der Waals surface area contributed by atoms with E-state index >= 15 is 0 Å². The molecule has 3 aliphatic rings. The number of nitrogens with zero attached hydrogens (tertiary/aromatic N) is 2. The Hall–Kier alpha value is -0.160. The predicted molar refractivity (Wildman–Crippen MR) is 81.8 cm³/mol. The first kappa shape index (κ1) is 14.8. The molecule has 0 amide bonds. The maximum atomic E-state index is 6.27. The van der Waals surface area contributed by atoms with E-state index in [1.54, 1.807) is 0 Å². The summed E-state index contributed by atoms with van der Waals surface area (Å²) >= 11 is 0. The summed E-state index contributed by atoms with van der Waals surface area (Å²) < 4.78 is 5.78. The second kappa shape index (κ2) is 5.24. The van der Waals surface area contributed by atoms with Crippen LogP contribution in [0.1, 0.15) is 46.0 Å². The predicted octanol–water partition coefficient (Wildman–Crippen LogP) is 1.44. The van der Waals surface area contributed by atoms with Crippen molar-refractivity contribution in [2.24, 2.45) is 5.73 Å². The number of piperidine rings is 1. The SMILES string of the molecule is COC1(C)CCCN(C2(CN)CC(C)N(C3CC3)C2)C1. The fraction of sp³-hybridized carbons (Fsp3) is 1.00. The normalized spacial score (nSPS) is 44.1. The van der Waals surface area contributed by atoms with E-state index in [0.29, 0.717) is 6.04 Å². The molecule has 20 heavy (non-hydrogen) atoms. The Morgan fingerprint density at radius 1 is 1.30 bits per heavy atom. The Kier molecular flexibility index (Phi) is 3.87. The van der Waals surface area contributed by atoms with Crippen molar-refractivity contribution in [3.05, 3.63) is 0 Å². The molecule has 0 aromatic heterocycles. The molecule has 1 saturated carbocycles. The lowest BCUT2D eigenvalue weighted by atomic mass is 9.87. The number of hydrogen-bond donors (Lipinski definition) is 1. The van der Waals surface area contributed by atoms with Crippen molar-refractivity contribution in [3.8, 4) is 0 Å². The zero-order valence-corrected chi connectivity index (χ0v) is 13.4. The maximum Gasteiger partial charge on any atom is 0.0777 e. The van der Waals surface area contributed by atoms with Gasteiger partial charge < -0.3 is 10.5 Å². The Bertz CT molecular complexity index is 360. The van der Waals surface area contributed by atoms with Crippen molar-refractivity contribution in [1.29, 1.82) is 0 Å². The van der Waals surface area contributed by atoms with Gasteiger partial charge in [0.1, 0.15) is 0 Å². The molecular formula is C16H31N3O. The van der Waals surface area contributed by atoms with E-state index in [9.17, 15) is 0 Å². The van der Waals surface area contributed by atoms with Gasteiger partial charge in [-0.2, -0.15) is 0 Å². The minimum Gasteiger partial charge on any atom is -0.377 e. The number of rotatable bonds is 4. The molecule has 3 atom stereocenters. The molecule has 4 heteroatoms. The zero-order valence-electron chi connectivity index (χ0n) is 13.4. The summed E-state index contributed by atoms with van der Waals surface area (Å²) in [4.78, 5) is 5.37. The van der Waals surface area contributed by atoms with E-state index < -0.39 is 0 Å². The van der Waals surface area contributed by atoms with E-state index in [-0.39, 0.29) is 11.1 Å². The van der Waals surface area contributed by atoms with Crippen LogP contribution in [0, 0.1) is 0 Å². The maximum absolute atomic E-state index is 6.27. The summed E-state index contributed by atoms with van der Waals surface area (Å²) in [5.74, 6) is 0. The topological polar surface area (TPSA) is 41.7 Å². The Morgan fingerprint density at radius 2 is 2.05 bits per heavy atom. The molecule has 0 bridgehead atoms. The van der Waals surface area contributed by atoms with Gasteiger partial charge in [-0.1, -0.05) is 0 Å². The number of methoxy groups -OCH3 is 1. The second-order valence-electron chi connectivity index (χ2n) is 7.56. The molecule has 0 aromatic rings. The highest BCUT2D eigenvalue weighted by molar-refractivity contribution is 5.08. The van der Waals surface area contributed by atoms with Crippen LogP contribution in [0.2, 0.25) is 0 Å². The van der Waals surface area contributed by atoms with Gasteiger partial charge in [0.25, 0.3) is 0 Å². The van der Waals surface area contributed by atoms with Crippen molar-refractivity contribution in [3.63, 3.8) is 0 Å². The third-order valence-corrected chi connectivity index (χ3v) is 5.94. The third-order valence-electron chi connectivity index (χ3n) is 5.94. The van der Waals surface area contributed by atoms with Gasteiger partial charge in [0.05, 0.1) is 5.60 Å². The van der Waals surface area contributed by atoms with Gasteiger partial charge in [-0.15, -0.1) is 0 Å². The molecule has 3 fully saturated rings. The molecule has 2 aliphatic heterocycles. The Labute approximate surface area is 123 Å². The summed E-state index contributed by atoms with van der Waals surface area (Å²) in [6.07, 6.45) is 6.40. The van der Waals surface area contributed by atoms with Crippen molar-refractivity contribution in [2.45, 2.75) is 69.2 Å². The van der Waals surface area contributed by atoms with E-state index in [0.717, 1.165) is 25.7 Å². The quantitative estimate of drug-likeness (QED) is 0.847. The smallest absolute Gasteiger partial charge is 0.0777 e. The van der Waals surface area contributed by atoms with Crippen LogP contribution in [-0.4, -0.2) is 66.3 Å². The number of hydrogen-bond acceptors (Lipinski definition) is 4. The lowest BCUT2D eigenvalue weighted by molar-refractivity contribution is -0.0782. The van der Waals surface area contributed by atoms with Gasteiger partial charge in [0, 0.05) is 44.4 Å². The minimum atomic E-state index is 0.0106. The fourth-order valence-corrected chi connectivity index (χ4v) is 4.41. The fourth-order valence-electron chi connectivity index (χ4n) is 4.41. The average Bonchev–Trinajstić information content (AvgIpc) is 3.23. The van der Waals surface area contributed by atoms with E-state index in [1.807, 2.05) is 7.11 Å². The summed E-state index contributed by atoms with van der Waals surface area (Å²) in [5.41, 5.74) is 6.46. The molecule has 1 aliphatic carbocycles. The highest BCUT2D eigenvalue weighted by Gasteiger charge is 2.51. The first-order chi connectivity index (χ1) is 9.52. The number of likely N-dealkylation sites (tertiary alicyclic amines) is 2. The second-order valence-corrected chi connectivity index (χ2v) is 7.56. The standard InChI is InChI=1S/C16H31N3O/c1-13-9-16(10-17,12-19(13)14-5-6-14)18-8-4-7-15(2,11-18)20-3/h13-14H,4-12,17H2,1-3H3. The lowest BCUT2D eigenvalue weighted by Crippen LogP contribution is -2.62. The average molecular weight is 281 g/mol. The third kappa shape index (κ3) is 2.52. The van der Waals surface area contributed by atoms with Crippen LogP contribution in [0.3, 0.4) is 0 Å². The molecule has 3 unspecified atom stereocenters. The zero-order chi connectivity index (χ0) is 14.4. The van der Waals surface area contributed by atoms with Gasteiger partial charge in [-0.3, -0.25) is 9.80 Å². The molecule has 116 valence electrons. The Balaban J connectivity index is 1.75. The Morgan fingerprint density at radius 3 is 2.65 bits per heavy atom. The van der Waals surface area contributed by atoms with Crippen LogP contribution < -0.4 is 5.73 Å². The van der Waals surface area contributed by atoms with Gasteiger partial charge >= 0.3 is 0 Å². The van der Waals surface area contributed by atoms with E-state index in [4.69, 9.17) is 10.5 Å². The monoisotopic (exact) mass is 281 g/mol. The molecule has 0 radical (unpaired) electrons. The molecule has 4 nitrogen and oxygen atoms in total. The van der Waals surface area contributed by atoms with Crippen molar-refractivity contribution in [1.82, 2.24) is 9.80 Å². The molecule has 2 saturated heterocycles. The number of ether oxygens (including phenoxy) is 1. The highest BCUT2D eigenvalue weighted by atomic mass is 16.5. The first-order valence-corrected chi connectivity index (χ1v) is 8.28. The molecular weight excluding hydrogens is 250 g/mol. The van der Waals surface area contributed by atoms with Crippen molar-refractivity contribution < 1.29 is 4.74 Å². The van der Waals surface area contributed by atoms with Crippen LogP contribution in [0.25, 0.3) is 0 Å². The summed E-state index contributed by atoms with van der Waals surface area (Å²) in [6.45, 7) is 8.79. The van der Waals surface area contributed by atoms with Crippen LogP contribution >= 0.6 is 0 Å². The largest absolute Gasteiger partial charge is 0.377 e. The van der Waals surface area contributed by atoms with Crippen LogP contribution in [-0.2, 0) is 4.74 Å². The lowest BCUT2D eigenvalue weighted by Gasteiger charge is -2.48. The van der Waals surface area contributed by atoms with Gasteiger partial charge in [-0.05, 0) is 52.5 Å². The van der Waals surface area contributed by atoms with E-state index in [2.05, 4.69) is 23.6 Å². The molecule has 0 aromatic carbocycles.